The Bertz CT molecular complexity index is 555. The van der Waals surface area contributed by atoms with Crippen molar-refractivity contribution < 1.29 is 9.66 Å². The molecule has 5 nitrogen and oxygen atoms in total. The summed E-state index contributed by atoms with van der Waals surface area (Å²) in [7, 11) is 0. The zero-order chi connectivity index (χ0) is 14.2. The predicted octanol–water partition coefficient (Wildman–Crippen LogP) is 3.56. The Labute approximate surface area is 116 Å². The van der Waals surface area contributed by atoms with Crippen LogP contribution < -0.4 is 0 Å². The quantitative estimate of drug-likeness (QED) is 0.629. The van der Waals surface area contributed by atoms with Crippen LogP contribution in [0.2, 0.25) is 5.02 Å². The van der Waals surface area contributed by atoms with Gasteiger partial charge in [-0.3, -0.25) is 10.1 Å². The van der Waals surface area contributed by atoms with E-state index in [1.54, 1.807) is 6.07 Å². The number of benzene rings is 1. The van der Waals surface area contributed by atoms with Gasteiger partial charge in [-0.2, -0.15) is 0 Å². The number of non-ortho nitro benzene ring substituents is 1. The van der Waals surface area contributed by atoms with E-state index in [9.17, 15) is 10.1 Å². The maximum atomic E-state index is 10.7. The van der Waals surface area contributed by atoms with Crippen molar-refractivity contribution in [2.24, 2.45) is 4.99 Å². The monoisotopic (exact) mass is 282 g/mol. The maximum Gasteiger partial charge on any atom is 0.270 e. The van der Waals surface area contributed by atoms with Crippen LogP contribution in [0.5, 0.6) is 0 Å². The summed E-state index contributed by atoms with van der Waals surface area (Å²) in [5.41, 5.74) is 0.538. The third kappa shape index (κ3) is 2.87. The first-order valence-corrected chi connectivity index (χ1v) is 6.34. The Balaban J connectivity index is 2.30. The van der Waals surface area contributed by atoms with Crippen molar-refractivity contribution in [2.45, 2.75) is 32.2 Å². The van der Waals surface area contributed by atoms with Crippen LogP contribution in [0.25, 0.3) is 0 Å². The number of rotatable bonds is 3. The molecule has 19 heavy (non-hydrogen) atoms. The Kier molecular flexibility index (Phi) is 3.49. The van der Waals surface area contributed by atoms with Crippen LogP contribution in [0.15, 0.2) is 23.2 Å². The molecule has 0 amide bonds. The standard InChI is InChI=1S/C13H15ClN2O3/c1-8(12-15-13(2,3)7-19-12)10-5-4-9(16(17)18)6-11(10)14/h4-6,8H,7H2,1-3H3. The van der Waals surface area contributed by atoms with Crippen LogP contribution in [0.1, 0.15) is 32.3 Å². The molecule has 0 N–H and O–H groups in total. The maximum absolute atomic E-state index is 10.7. The lowest BCUT2D eigenvalue weighted by molar-refractivity contribution is -0.384. The molecule has 1 atom stereocenters. The Hall–Kier alpha value is -1.62. The van der Waals surface area contributed by atoms with Crippen LogP contribution >= 0.6 is 11.6 Å². The minimum atomic E-state index is -0.465. The number of hydrogen-bond donors (Lipinski definition) is 0. The average molecular weight is 283 g/mol. The molecule has 1 aromatic carbocycles. The van der Waals surface area contributed by atoms with Gasteiger partial charge in [0, 0.05) is 12.1 Å². The molecule has 102 valence electrons. The average Bonchev–Trinajstić information content (AvgIpc) is 2.68. The van der Waals surface area contributed by atoms with Crippen molar-refractivity contribution in [1.82, 2.24) is 0 Å². The summed E-state index contributed by atoms with van der Waals surface area (Å²) in [6, 6.07) is 4.45. The number of nitro benzene ring substituents is 1. The Morgan fingerprint density at radius 2 is 2.21 bits per heavy atom. The first kappa shape index (κ1) is 13.8. The lowest BCUT2D eigenvalue weighted by Crippen LogP contribution is -2.17. The van der Waals surface area contributed by atoms with Gasteiger partial charge in [0.05, 0.1) is 21.4 Å². The van der Waals surface area contributed by atoms with Gasteiger partial charge in [-0.15, -0.1) is 0 Å². The van der Waals surface area contributed by atoms with Crippen molar-refractivity contribution in [3.8, 4) is 0 Å². The highest BCUT2D eigenvalue weighted by Crippen LogP contribution is 2.32. The Morgan fingerprint density at radius 3 is 2.68 bits per heavy atom. The highest BCUT2D eigenvalue weighted by molar-refractivity contribution is 6.31. The number of hydrogen-bond acceptors (Lipinski definition) is 4. The molecule has 1 aromatic rings. The van der Waals surface area contributed by atoms with Gasteiger partial charge in [0.2, 0.25) is 0 Å². The summed E-state index contributed by atoms with van der Waals surface area (Å²) < 4.78 is 5.57. The molecule has 1 heterocycles. The second-order valence-electron chi connectivity index (χ2n) is 5.24. The topological polar surface area (TPSA) is 64.7 Å². The first-order valence-electron chi connectivity index (χ1n) is 5.96. The van der Waals surface area contributed by atoms with Gasteiger partial charge in [-0.25, -0.2) is 4.99 Å². The molecule has 0 saturated carbocycles. The molecular weight excluding hydrogens is 268 g/mol. The Morgan fingerprint density at radius 1 is 1.53 bits per heavy atom. The predicted molar refractivity (Wildman–Crippen MR) is 74.0 cm³/mol. The molecule has 0 aliphatic carbocycles. The number of ether oxygens (including phenoxy) is 1. The lowest BCUT2D eigenvalue weighted by Gasteiger charge is -2.12. The van der Waals surface area contributed by atoms with E-state index in [0.717, 1.165) is 5.56 Å². The zero-order valence-corrected chi connectivity index (χ0v) is 11.8. The summed E-state index contributed by atoms with van der Waals surface area (Å²) in [5, 5.41) is 11.0. The molecule has 0 aromatic heterocycles. The second-order valence-corrected chi connectivity index (χ2v) is 5.64. The molecular formula is C13H15ClN2O3. The van der Waals surface area contributed by atoms with Crippen LogP contribution in [0.3, 0.4) is 0 Å². The summed E-state index contributed by atoms with van der Waals surface area (Å²) >= 11 is 6.10. The first-order chi connectivity index (χ1) is 8.80. The molecule has 0 radical (unpaired) electrons. The van der Waals surface area contributed by atoms with Crippen LogP contribution in [0, 0.1) is 10.1 Å². The fraction of sp³-hybridized carbons (Fsp3) is 0.462. The van der Waals surface area contributed by atoms with Gasteiger partial charge in [0.15, 0.2) is 5.90 Å². The van der Waals surface area contributed by atoms with Gasteiger partial charge >= 0.3 is 0 Å². The number of nitrogens with zero attached hydrogens (tertiary/aromatic N) is 2. The van der Waals surface area contributed by atoms with Gasteiger partial charge in [-0.05, 0) is 32.4 Å². The number of nitro groups is 1. The van der Waals surface area contributed by atoms with E-state index < -0.39 is 4.92 Å². The van der Waals surface area contributed by atoms with E-state index in [4.69, 9.17) is 16.3 Å². The molecule has 0 saturated heterocycles. The molecule has 0 bridgehead atoms. The van der Waals surface area contributed by atoms with E-state index in [0.29, 0.717) is 17.5 Å². The fourth-order valence-electron chi connectivity index (χ4n) is 1.95. The van der Waals surface area contributed by atoms with E-state index >= 15 is 0 Å². The molecule has 2 rings (SSSR count). The highest BCUT2D eigenvalue weighted by atomic mass is 35.5. The summed E-state index contributed by atoms with van der Waals surface area (Å²) in [5.74, 6) is 0.510. The lowest BCUT2D eigenvalue weighted by atomic mass is 10.0. The molecule has 6 heteroatoms. The number of halogens is 1. The highest BCUT2D eigenvalue weighted by Gasteiger charge is 2.30. The molecule has 1 aliphatic rings. The van der Waals surface area contributed by atoms with Crippen molar-refractivity contribution in [3.63, 3.8) is 0 Å². The molecule has 0 fully saturated rings. The molecule has 0 spiro atoms. The van der Waals surface area contributed by atoms with Gasteiger partial charge in [0.1, 0.15) is 6.61 Å². The van der Waals surface area contributed by atoms with Crippen LogP contribution in [0.4, 0.5) is 5.69 Å². The minimum Gasteiger partial charge on any atom is -0.478 e. The summed E-state index contributed by atoms with van der Waals surface area (Å²) in [6.45, 7) is 6.44. The van der Waals surface area contributed by atoms with Gasteiger partial charge < -0.3 is 4.74 Å². The van der Waals surface area contributed by atoms with E-state index in [2.05, 4.69) is 4.99 Å². The fourth-order valence-corrected chi connectivity index (χ4v) is 2.29. The van der Waals surface area contributed by atoms with E-state index in [1.165, 1.54) is 12.1 Å². The van der Waals surface area contributed by atoms with E-state index in [-0.39, 0.29) is 17.1 Å². The van der Waals surface area contributed by atoms with Crippen LogP contribution in [-0.2, 0) is 4.74 Å². The third-order valence-corrected chi connectivity index (χ3v) is 3.35. The third-order valence-electron chi connectivity index (χ3n) is 3.02. The molecule has 1 aliphatic heterocycles. The summed E-state index contributed by atoms with van der Waals surface area (Å²) in [6.07, 6.45) is 0. The van der Waals surface area contributed by atoms with Gasteiger partial charge in [-0.1, -0.05) is 11.6 Å². The van der Waals surface area contributed by atoms with Gasteiger partial charge in [0.25, 0.3) is 5.69 Å². The normalized spacial score (nSPS) is 18.6. The molecule has 1 unspecified atom stereocenters. The van der Waals surface area contributed by atoms with Crippen molar-refractivity contribution >= 4 is 23.2 Å². The minimum absolute atomic E-state index is 0.0180. The zero-order valence-electron chi connectivity index (χ0n) is 11.0. The van der Waals surface area contributed by atoms with E-state index in [1.807, 2.05) is 20.8 Å². The van der Waals surface area contributed by atoms with Crippen molar-refractivity contribution in [3.05, 3.63) is 38.9 Å². The van der Waals surface area contributed by atoms with Crippen molar-refractivity contribution in [1.29, 1.82) is 0 Å². The van der Waals surface area contributed by atoms with Crippen molar-refractivity contribution in [2.75, 3.05) is 6.61 Å². The smallest absolute Gasteiger partial charge is 0.270 e. The number of aliphatic imine (C=N–C) groups is 1. The SMILES string of the molecule is CC(C1=NC(C)(C)CO1)c1ccc([N+](=O)[O-])cc1Cl. The van der Waals surface area contributed by atoms with Crippen LogP contribution in [-0.4, -0.2) is 23.0 Å². The summed E-state index contributed by atoms with van der Waals surface area (Å²) in [4.78, 5) is 14.7. The largest absolute Gasteiger partial charge is 0.478 e. The second kappa shape index (κ2) is 4.81.